The lowest BCUT2D eigenvalue weighted by Crippen LogP contribution is -2.25. The fraction of sp³-hybridized carbons (Fsp3) is 0.226. The maximum Gasteiger partial charge on any atom is 0.149 e. The smallest absolute Gasteiger partial charge is 0.149 e. The topological polar surface area (TPSA) is 50.9 Å². The van der Waals surface area contributed by atoms with Gasteiger partial charge in [-0.15, -0.1) is 0 Å². The number of hydrogen-bond donors (Lipinski definition) is 1. The molecule has 0 saturated heterocycles. The summed E-state index contributed by atoms with van der Waals surface area (Å²) < 4.78 is 53.1. The molecule has 66 heavy (non-hydrogen) atoms. The number of phenolic OH excluding ortho intramolecular Hbond substituents is 1. The molecule has 0 bridgehead atoms. The molecule has 0 fully saturated rings. The average molecular weight is 870 g/mol. The number of phenols is 1. The summed E-state index contributed by atoms with van der Waals surface area (Å²) >= 11 is 0. The second kappa shape index (κ2) is 18.1. The summed E-state index contributed by atoms with van der Waals surface area (Å²) in [5.74, 6) is 0.424. The van der Waals surface area contributed by atoms with Gasteiger partial charge in [0.1, 0.15) is 11.6 Å². The SMILES string of the molecule is [2H]C([2H])([2H])c1ccc(-c2ccnc(-c3cc(-c4ccccc4)cc(-c4cccc5c4nc(-c4ccccc4O)n5-c4ccc(-c5c(C(C)(CC)CC)cccc5C(C)(CC)CC)cc4C([2H])([2H])[2H])c3)c2)cc1. The van der Waals surface area contributed by atoms with Gasteiger partial charge in [-0.3, -0.25) is 9.55 Å². The summed E-state index contributed by atoms with van der Waals surface area (Å²) in [6.45, 7) is 8.81. The molecule has 1 N–H and O–H groups in total. The first-order valence-electron chi connectivity index (χ1n) is 26.3. The molecule has 0 aliphatic rings. The number of aromatic nitrogens is 3. The lowest BCUT2D eigenvalue weighted by atomic mass is 9.68. The van der Waals surface area contributed by atoms with Crippen LogP contribution in [0.15, 0.2) is 170 Å². The third-order valence-electron chi connectivity index (χ3n) is 14.5. The van der Waals surface area contributed by atoms with Crippen molar-refractivity contribution in [3.8, 4) is 78.6 Å². The van der Waals surface area contributed by atoms with Crippen LogP contribution in [0.3, 0.4) is 0 Å². The zero-order valence-corrected chi connectivity index (χ0v) is 38.8. The van der Waals surface area contributed by atoms with Crippen molar-refractivity contribution in [2.75, 3.05) is 0 Å². The first-order valence-corrected chi connectivity index (χ1v) is 23.3. The van der Waals surface area contributed by atoms with E-state index in [0.29, 0.717) is 28.1 Å². The van der Waals surface area contributed by atoms with Gasteiger partial charge in [0.25, 0.3) is 0 Å². The standard InChI is InChI=1S/C62H61N3O/c1-9-61(7,10-2)52-24-19-25-53(62(8,11-3)12-4)58(52)46-32-33-55(42(6)36-46)65-56-26-18-23-50(59(56)64-60(65)51-22-16-17-27-57(51)66)48-37-47(43-20-14-13-15-21-43)38-49(39-48)54-40-45(34-35-63-54)44-30-28-41(5)29-31-44/h13-40,66H,9-12H2,1-8H3/i5D3,6D3. The van der Waals surface area contributed by atoms with Gasteiger partial charge in [-0.1, -0.05) is 150 Å². The third-order valence-corrected chi connectivity index (χ3v) is 14.5. The fourth-order valence-electron chi connectivity index (χ4n) is 9.60. The number of imidazole rings is 1. The molecule has 0 saturated carbocycles. The largest absolute Gasteiger partial charge is 0.507 e. The highest BCUT2D eigenvalue weighted by Crippen LogP contribution is 2.47. The van der Waals surface area contributed by atoms with E-state index in [2.05, 4.69) is 96.1 Å². The van der Waals surface area contributed by atoms with Gasteiger partial charge in [-0.2, -0.15) is 0 Å². The van der Waals surface area contributed by atoms with Gasteiger partial charge in [0, 0.05) is 25.5 Å². The molecule has 9 aromatic rings. The Morgan fingerprint density at radius 2 is 1.15 bits per heavy atom. The first-order chi connectivity index (χ1) is 34.4. The molecule has 330 valence electrons. The van der Waals surface area contributed by atoms with Crippen molar-refractivity contribution in [3.05, 3.63) is 192 Å². The van der Waals surface area contributed by atoms with Gasteiger partial charge < -0.3 is 5.11 Å². The van der Waals surface area contributed by atoms with Gasteiger partial charge in [0.05, 0.1) is 28.0 Å². The molecule has 0 atom stereocenters. The number of nitrogens with zero attached hydrogens (tertiary/aromatic N) is 3. The van der Waals surface area contributed by atoms with E-state index < -0.39 is 13.7 Å². The third kappa shape index (κ3) is 8.04. The van der Waals surface area contributed by atoms with Gasteiger partial charge in [0.15, 0.2) is 0 Å². The highest BCUT2D eigenvalue weighted by atomic mass is 16.3. The van der Waals surface area contributed by atoms with Crippen LogP contribution in [0.25, 0.3) is 83.9 Å². The van der Waals surface area contributed by atoms with Crippen LogP contribution >= 0.6 is 0 Å². The van der Waals surface area contributed by atoms with E-state index >= 15 is 0 Å². The highest BCUT2D eigenvalue weighted by Gasteiger charge is 2.33. The van der Waals surface area contributed by atoms with Gasteiger partial charge in [-0.25, -0.2) is 4.98 Å². The van der Waals surface area contributed by atoms with Crippen LogP contribution < -0.4 is 0 Å². The molecule has 4 heteroatoms. The Labute approximate surface area is 400 Å². The minimum absolute atomic E-state index is 0.0189. The van der Waals surface area contributed by atoms with Crippen LogP contribution in [-0.2, 0) is 10.8 Å². The van der Waals surface area contributed by atoms with Crippen molar-refractivity contribution < 1.29 is 13.3 Å². The summed E-state index contributed by atoms with van der Waals surface area (Å²) in [6, 6.07) is 52.9. The molecule has 2 aromatic heterocycles. The molecule has 7 aromatic carbocycles. The number of pyridine rings is 1. The number of benzene rings is 7. The summed E-state index contributed by atoms with van der Waals surface area (Å²) in [5, 5.41) is 11.6. The summed E-state index contributed by atoms with van der Waals surface area (Å²) in [7, 11) is 0. The summed E-state index contributed by atoms with van der Waals surface area (Å²) in [4.78, 5) is 10.2. The Bertz CT molecular complexity index is 3380. The first kappa shape index (κ1) is 37.2. The number of aryl methyl sites for hydroxylation is 2. The molecule has 0 aliphatic carbocycles. The Kier molecular flexibility index (Phi) is 10.2. The van der Waals surface area contributed by atoms with Crippen LogP contribution in [0.1, 0.15) is 97.7 Å². The number of rotatable bonds is 13. The van der Waals surface area contributed by atoms with Gasteiger partial charge >= 0.3 is 0 Å². The van der Waals surface area contributed by atoms with Crippen molar-refractivity contribution >= 4 is 11.0 Å². The van der Waals surface area contributed by atoms with Crippen LogP contribution in [0, 0.1) is 13.7 Å². The molecule has 0 aliphatic heterocycles. The zero-order valence-electron chi connectivity index (χ0n) is 44.8. The summed E-state index contributed by atoms with van der Waals surface area (Å²) in [6.07, 6.45) is 5.47. The number of fused-ring (bicyclic) bond motifs is 1. The quantitative estimate of drug-likeness (QED) is 0.126. The van der Waals surface area contributed by atoms with E-state index in [-0.39, 0.29) is 27.7 Å². The van der Waals surface area contributed by atoms with Crippen LogP contribution in [0.5, 0.6) is 5.75 Å². The van der Waals surface area contributed by atoms with Crippen molar-refractivity contribution in [3.63, 3.8) is 0 Å². The number of aromatic hydroxyl groups is 1. The Hall–Kier alpha value is -7.04. The normalized spacial score (nSPS) is 13.7. The highest BCUT2D eigenvalue weighted by molar-refractivity contribution is 5.98. The molecule has 0 radical (unpaired) electrons. The minimum Gasteiger partial charge on any atom is -0.507 e. The van der Waals surface area contributed by atoms with Crippen LogP contribution in [-0.4, -0.2) is 19.6 Å². The van der Waals surface area contributed by atoms with E-state index in [0.717, 1.165) is 81.4 Å². The molecule has 0 unspecified atom stereocenters. The van der Waals surface area contributed by atoms with E-state index in [4.69, 9.17) is 14.1 Å². The zero-order chi connectivity index (χ0) is 51.2. The predicted octanol–water partition coefficient (Wildman–Crippen LogP) is 16.9. The number of para-hydroxylation sites is 2. The summed E-state index contributed by atoms with van der Waals surface area (Å²) in [5.41, 5.74) is 13.8. The maximum absolute atomic E-state index is 11.6. The molecular formula is C62H61N3O. The van der Waals surface area contributed by atoms with Crippen molar-refractivity contribution in [1.82, 2.24) is 14.5 Å². The fourth-order valence-corrected chi connectivity index (χ4v) is 9.60. The monoisotopic (exact) mass is 870 g/mol. The Morgan fingerprint density at radius 1 is 0.530 bits per heavy atom. The molecule has 9 rings (SSSR count). The lowest BCUT2D eigenvalue weighted by Gasteiger charge is -2.36. The van der Waals surface area contributed by atoms with Crippen molar-refractivity contribution in [2.24, 2.45) is 0 Å². The average Bonchev–Trinajstić information content (AvgIpc) is 3.79. The van der Waals surface area contributed by atoms with Crippen molar-refractivity contribution in [2.45, 2.75) is 91.8 Å². The van der Waals surface area contributed by atoms with E-state index in [1.54, 1.807) is 30.5 Å². The van der Waals surface area contributed by atoms with Crippen molar-refractivity contribution in [1.29, 1.82) is 0 Å². The predicted molar refractivity (Wildman–Crippen MR) is 278 cm³/mol. The van der Waals surface area contributed by atoms with E-state index in [1.807, 2.05) is 89.5 Å². The van der Waals surface area contributed by atoms with E-state index in [1.165, 1.54) is 11.1 Å². The Balaban J connectivity index is 1.29. The molecule has 0 amide bonds. The minimum atomic E-state index is -2.54. The van der Waals surface area contributed by atoms with Gasteiger partial charge in [0.2, 0.25) is 0 Å². The Morgan fingerprint density at radius 3 is 1.83 bits per heavy atom. The second-order valence-corrected chi connectivity index (χ2v) is 18.1. The van der Waals surface area contributed by atoms with E-state index in [9.17, 15) is 9.22 Å². The lowest BCUT2D eigenvalue weighted by molar-refractivity contribution is 0.426. The van der Waals surface area contributed by atoms with Gasteiger partial charge in [-0.05, 0) is 167 Å². The molecule has 2 heterocycles. The number of hydrogen-bond acceptors (Lipinski definition) is 3. The van der Waals surface area contributed by atoms with Crippen LogP contribution in [0.4, 0.5) is 0 Å². The molecular weight excluding hydrogens is 803 g/mol. The molecule has 4 nitrogen and oxygen atoms in total. The van der Waals surface area contributed by atoms with Crippen LogP contribution in [0.2, 0.25) is 0 Å². The maximum atomic E-state index is 11.6. The molecule has 0 spiro atoms. The second-order valence-electron chi connectivity index (χ2n) is 18.1.